The van der Waals surface area contributed by atoms with Crippen LogP contribution in [0, 0.1) is 6.92 Å². The fourth-order valence-electron chi connectivity index (χ4n) is 3.31. The van der Waals surface area contributed by atoms with E-state index < -0.39 is 35.8 Å². The Kier molecular flexibility index (Phi) is 4.90. The van der Waals surface area contributed by atoms with Crippen LogP contribution in [0.5, 0.6) is 5.75 Å². The molecule has 0 spiro atoms. The molecule has 2 aromatic carbocycles. The highest BCUT2D eigenvalue weighted by molar-refractivity contribution is 5.81. The van der Waals surface area contributed by atoms with Crippen molar-refractivity contribution in [2.75, 3.05) is 0 Å². The second-order valence-electron chi connectivity index (χ2n) is 7.17. The van der Waals surface area contributed by atoms with E-state index in [9.17, 15) is 31.1 Å². The van der Waals surface area contributed by atoms with Crippen LogP contribution in [0.3, 0.4) is 0 Å². The maximum absolute atomic E-state index is 13.1. The molecule has 4 aromatic rings. The molecule has 2 aromatic heterocycles. The van der Waals surface area contributed by atoms with Gasteiger partial charge in [0.25, 0.3) is 5.56 Å². The Hall–Kier alpha value is -3.57. The second-order valence-corrected chi connectivity index (χ2v) is 7.17. The molecule has 0 aliphatic rings. The molecule has 6 nitrogen and oxygen atoms in total. The Balaban J connectivity index is 1.79. The fraction of sp³-hybridized carbons (Fsp3) is 0.250. The molecule has 0 bridgehead atoms. The van der Waals surface area contributed by atoms with E-state index in [1.807, 2.05) is 0 Å². The molecule has 12 heteroatoms. The molecular weight excluding hydrogens is 442 g/mol. The number of aryl methyl sites for hydroxylation is 2. The zero-order chi connectivity index (χ0) is 23.4. The SMILES string of the molecule is Cc1ccc2c(c1)c(=O)n(C)c1nnc(COc3cc(C(F)(F)F)cc(C(F)(F)F)c3)n21. The van der Waals surface area contributed by atoms with Crippen molar-refractivity contribution in [3.05, 3.63) is 69.3 Å². The van der Waals surface area contributed by atoms with E-state index >= 15 is 0 Å². The van der Waals surface area contributed by atoms with Gasteiger partial charge in [0.05, 0.1) is 22.0 Å². The number of nitrogens with zero attached hydrogens (tertiary/aromatic N) is 4. The lowest BCUT2D eigenvalue weighted by molar-refractivity contribution is -0.143. The molecule has 32 heavy (non-hydrogen) atoms. The smallest absolute Gasteiger partial charge is 0.416 e. The lowest BCUT2D eigenvalue weighted by atomic mass is 10.1. The van der Waals surface area contributed by atoms with E-state index in [1.165, 1.54) is 16.0 Å². The summed E-state index contributed by atoms with van der Waals surface area (Å²) in [5.74, 6) is -0.394. The van der Waals surface area contributed by atoms with Crippen LogP contribution in [-0.4, -0.2) is 19.2 Å². The highest BCUT2D eigenvalue weighted by Crippen LogP contribution is 2.38. The first kappa shape index (κ1) is 21.7. The lowest BCUT2D eigenvalue weighted by Crippen LogP contribution is -2.20. The molecule has 2 heterocycles. The van der Waals surface area contributed by atoms with Crippen molar-refractivity contribution < 1.29 is 31.1 Å². The Morgan fingerprint density at radius 3 is 2.16 bits per heavy atom. The van der Waals surface area contributed by atoms with Gasteiger partial charge >= 0.3 is 12.4 Å². The van der Waals surface area contributed by atoms with Gasteiger partial charge in [-0.15, -0.1) is 10.2 Å². The van der Waals surface area contributed by atoms with Gasteiger partial charge in [-0.1, -0.05) is 11.6 Å². The maximum Gasteiger partial charge on any atom is 0.416 e. The number of hydrogen-bond donors (Lipinski definition) is 0. The van der Waals surface area contributed by atoms with Crippen molar-refractivity contribution in [3.63, 3.8) is 0 Å². The predicted octanol–water partition coefficient (Wildman–Crippen LogP) is 4.51. The Labute approximate surface area is 175 Å². The molecule has 0 amide bonds. The molecular formula is C20H14F6N4O2. The monoisotopic (exact) mass is 456 g/mol. The molecule has 0 saturated heterocycles. The first-order valence-electron chi connectivity index (χ1n) is 9.12. The summed E-state index contributed by atoms with van der Waals surface area (Å²) in [7, 11) is 1.47. The summed E-state index contributed by atoms with van der Waals surface area (Å²) in [4.78, 5) is 12.6. The standard InChI is InChI=1S/C20H14F6N4O2/c1-10-3-4-15-14(5-10)17(31)29(2)18-28-27-16(30(15)18)9-32-13-7-11(19(21,22)23)6-12(8-13)20(24,25)26/h3-8H,9H2,1-2H3. The average molecular weight is 456 g/mol. The van der Waals surface area contributed by atoms with Crippen LogP contribution >= 0.6 is 0 Å². The van der Waals surface area contributed by atoms with Gasteiger partial charge in [-0.25, -0.2) is 0 Å². The topological polar surface area (TPSA) is 61.4 Å². The van der Waals surface area contributed by atoms with E-state index in [-0.39, 0.29) is 23.2 Å². The number of alkyl halides is 6. The molecule has 0 radical (unpaired) electrons. The van der Waals surface area contributed by atoms with Crippen molar-refractivity contribution in [3.8, 4) is 5.75 Å². The van der Waals surface area contributed by atoms with E-state index in [4.69, 9.17) is 4.74 Å². The van der Waals surface area contributed by atoms with Gasteiger partial charge in [-0.3, -0.25) is 13.8 Å². The minimum atomic E-state index is -4.99. The zero-order valence-corrected chi connectivity index (χ0v) is 16.5. The number of aromatic nitrogens is 4. The van der Waals surface area contributed by atoms with Gasteiger partial charge in [0, 0.05) is 7.05 Å². The molecule has 0 aliphatic carbocycles. The van der Waals surface area contributed by atoms with E-state index in [2.05, 4.69) is 10.2 Å². The first-order valence-corrected chi connectivity index (χ1v) is 9.12. The lowest BCUT2D eigenvalue weighted by Gasteiger charge is -2.15. The van der Waals surface area contributed by atoms with Gasteiger partial charge in [0.2, 0.25) is 5.78 Å². The van der Waals surface area contributed by atoms with E-state index in [0.717, 1.165) is 5.56 Å². The quantitative estimate of drug-likeness (QED) is 0.426. The van der Waals surface area contributed by atoms with Crippen LogP contribution in [0.4, 0.5) is 26.3 Å². The van der Waals surface area contributed by atoms with Crippen LogP contribution in [0.25, 0.3) is 16.7 Å². The number of benzene rings is 2. The fourth-order valence-corrected chi connectivity index (χ4v) is 3.31. The summed E-state index contributed by atoms with van der Waals surface area (Å²) in [6.45, 7) is 1.31. The number of fused-ring (bicyclic) bond motifs is 3. The van der Waals surface area contributed by atoms with Crippen LogP contribution < -0.4 is 10.3 Å². The minimum absolute atomic E-state index is 0.0188. The molecule has 0 N–H and O–H groups in total. The van der Waals surface area contributed by atoms with Gasteiger partial charge in [0.1, 0.15) is 12.4 Å². The second kappa shape index (κ2) is 7.24. The Morgan fingerprint density at radius 1 is 0.938 bits per heavy atom. The molecule has 168 valence electrons. The van der Waals surface area contributed by atoms with Gasteiger partial charge < -0.3 is 4.74 Å². The Morgan fingerprint density at radius 2 is 1.56 bits per heavy atom. The third kappa shape index (κ3) is 3.76. The summed E-state index contributed by atoms with van der Waals surface area (Å²) < 4.78 is 86.4. The summed E-state index contributed by atoms with van der Waals surface area (Å²) >= 11 is 0. The molecule has 0 unspecified atom stereocenters. The highest BCUT2D eigenvalue weighted by atomic mass is 19.4. The van der Waals surface area contributed by atoms with Gasteiger partial charge in [-0.05, 0) is 37.3 Å². The molecule has 0 fully saturated rings. The summed E-state index contributed by atoms with van der Waals surface area (Å²) in [5, 5.41) is 8.17. The van der Waals surface area contributed by atoms with E-state index in [0.29, 0.717) is 23.0 Å². The van der Waals surface area contributed by atoms with Gasteiger partial charge in [-0.2, -0.15) is 26.3 Å². The van der Waals surface area contributed by atoms with Crippen LogP contribution in [0.1, 0.15) is 22.5 Å². The van der Waals surface area contributed by atoms with Crippen molar-refractivity contribution in [2.24, 2.45) is 7.05 Å². The van der Waals surface area contributed by atoms with Crippen LogP contribution in [0.2, 0.25) is 0 Å². The van der Waals surface area contributed by atoms with Crippen molar-refractivity contribution in [2.45, 2.75) is 25.9 Å². The molecule has 0 atom stereocenters. The summed E-state index contributed by atoms with van der Waals surface area (Å²) in [6.07, 6.45) is -9.99. The maximum atomic E-state index is 13.1. The number of rotatable bonds is 3. The third-order valence-corrected chi connectivity index (χ3v) is 4.87. The summed E-state index contributed by atoms with van der Waals surface area (Å²) in [5.41, 5.74) is -2.06. The largest absolute Gasteiger partial charge is 0.486 e. The number of halogens is 6. The van der Waals surface area contributed by atoms with Crippen molar-refractivity contribution in [1.82, 2.24) is 19.2 Å². The minimum Gasteiger partial charge on any atom is -0.486 e. The molecule has 0 aliphatic heterocycles. The highest BCUT2D eigenvalue weighted by Gasteiger charge is 2.37. The van der Waals surface area contributed by atoms with E-state index in [1.54, 1.807) is 25.1 Å². The number of hydrogen-bond acceptors (Lipinski definition) is 4. The summed E-state index contributed by atoms with van der Waals surface area (Å²) in [6, 6.07) is 6.03. The van der Waals surface area contributed by atoms with Crippen molar-refractivity contribution in [1.29, 1.82) is 0 Å². The van der Waals surface area contributed by atoms with Gasteiger partial charge in [0.15, 0.2) is 5.82 Å². The average Bonchev–Trinajstić information content (AvgIpc) is 3.13. The van der Waals surface area contributed by atoms with Crippen LogP contribution in [0.15, 0.2) is 41.2 Å². The molecule has 4 rings (SSSR count). The Bertz CT molecular complexity index is 1370. The van der Waals surface area contributed by atoms with Crippen LogP contribution in [-0.2, 0) is 26.0 Å². The zero-order valence-electron chi connectivity index (χ0n) is 16.5. The van der Waals surface area contributed by atoms with Crippen molar-refractivity contribution >= 4 is 16.7 Å². The predicted molar refractivity (Wildman–Crippen MR) is 101 cm³/mol. The molecule has 0 saturated carbocycles. The first-order chi connectivity index (χ1) is 14.9. The third-order valence-electron chi connectivity index (χ3n) is 4.87. The number of ether oxygens (including phenoxy) is 1. The normalized spacial score (nSPS) is 12.6.